The molecule has 0 saturated carbocycles. The van der Waals surface area contributed by atoms with Gasteiger partial charge in [-0.1, -0.05) is 0 Å². The van der Waals surface area contributed by atoms with Gasteiger partial charge >= 0.3 is 5.97 Å². The molecule has 2 aliphatic rings. The van der Waals surface area contributed by atoms with Gasteiger partial charge in [0, 0.05) is 36.2 Å². The van der Waals surface area contributed by atoms with Crippen LogP contribution in [0.1, 0.15) is 23.3 Å². The Morgan fingerprint density at radius 1 is 1.33 bits per heavy atom. The highest BCUT2D eigenvalue weighted by Crippen LogP contribution is 2.33. The van der Waals surface area contributed by atoms with Crippen molar-refractivity contribution in [3.8, 4) is 0 Å². The molecule has 2 aromatic rings. The summed E-state index contributed by atoms with van der Waals surface area (Å²) in [6.07, 6.45) is 2.56. The standard InChI is InChI=1S/C15H17N3O2S/c1-17-10-2-3-11(17)8-18(7-10)9-4-5-12-13(6-9)21-16-14(12)15(19)20/h4-6,10-11H,2-3,7-8H2,1H3,(H,19,20). The van der Waals surface area contributed by atoms with Crippen LogP contribution in [0.5, 0.6) is 0 Å². The van der Waals surface area contributed by atoms with E-state index in [1.807, 2.05) is 12.1 Å². The fourth-order valence-electron chi connectivity index (χ4n) is 3.60. The number of aromatic carboxylic acids is 1. The minimum absolute atomic E-state index is 0.167. The Kier molecular flexibility index (Phi) is 2.90. The quantitative estimate of drug-likeness (QED) is 0.922. The predicted octanol–water partition coefficient (Wildman–Crippen LogP) is 2.28. The number of nitrogens with zero attached hydrogens (tertiary/aromatic N) is 3. The van der Waals surface area contributed by atoms with Crippen LogP contribution < -0.4 is 4.90 Å². The molecule has 1 aromatic heterocycles. The lowest BCUT2D eigenvalue weighted by Crippen LogP contribution is -2.51. The number of hydrogen-bond acceptors (Lipinski definition) is 5. The van der Waals surface area contributed by atoms with Crippen LogP contribution in [0, 0.1) is 0 Å². The second-order valence-electron chi connectivity index (χ2n) is 5.97. The van der Waals surface area contributed by atoms with Crippen molar-refractivity contribution in [3.05, 3.63) is 23.9 Å². The molecule has 3 heterocycles. The van der Waals surface area contributed by atoms with Gasteiger partial charge in [0.1, 0.15) is 0 Å². The Morgan fingerprint density at radius 2 is 2.05 bits per heavy atom. The Bertz CT molecular complexity index is 700. The summed E-state index contributed by atoms with van der Waals surface area (Å²) in [5.41, 5.74) is 1.35. The van der Waals surface area contributed by atoms with Crippen molar-refractivity contribution in [2.45, 2.75) is 24.9 Å². The highest BCUT2D eigenvalue weighted by Gasteiger charge is 2.37. The average molecular weight is 303 g/mol. The number of likely N-dealkylation sites (N-methyl/N-ethyl adjacent to an activating group) is 1. The van der Waals surface area contributed by atoms with Gasteiger partial charge in [0.25, 0.3) is 0 Å². The fourth-order valence-corrected chi connectivity index (χ4v) is 4.40. The van der Waals surface area contributed by atoms with Gasteiger partial charge in [-0.3, -0.25) is 4.90 Å². The summed E-state index contributed by atoms with van der Waals surface area (Å²) in [6.45, 7) is 2.12. The summed E-state index contributed by atoms with van der Waals surface area (Å²) in [5, 5.41) is 9.87. The molecule has 0 amide bonds. The topological polar surface area (TPSA) is 56.7 Å². The van der Waals surface area contributed by atoms with Gasteiger partial charge in [-0.05, 0) is 49.6 Å². The molecule has 2 atom stereocenters. The molecule has 0 aliphatic carbocycles. The van der Waals surface area contributed by atoms with Gasteiger partial charge in [0.2, 0.25) is 0 Å². The van der Waals surface area contributed by atoms with E-state index in [4.69, 9.17) is 5.11 Å². The molecule has 0 radical (unpaired) electrons. The number of piperazine rings is 1. The van der Waals surface area contributed by atoms with Gasteiger partial charge in [-0.25, -0.2) is 4.79 Å². The normalized spacial score (nSPS) is 25.7. The Balaban J connectivity index is 1.67. The summed E-state index contributed by atoms with van der Waals surface area (Å²) in [6, 6.07) is 7.32. The molecule has 0 spiro atoms. The Morgan fingerprint density at radius 3 is 2.71 bits per heavy atom. The summed E-state index contributed by atoms with van der Waals surface area (Å²) >= 11 is 1.27. The predicted molar refractivity (Wildman–Crippen MR) is 83.4 cm³/mol. The first-order chi connectivity index (χ1) is 10.1. The van der Waals surface area contributed by atoms with Gasteiger partial charge in [0.15, 0.2) is 5.69 Å². The van der Waals surface area contributed by atoms with Crippen LogP contribution in [0.2, 0.25) is 0 Å². The van der Waals surface area contributed by atoms with E-state index < -0.39 is 5.97 Å². The highest BCUT2D eigenvalue weighted by atomic mass is 32.1. The number of anilines is 1. The zero-order chi connectivity index (χ0) is 14.6. The van der Waals surface area contributed by atoms with Crippen molar-refractivity contribution in [3.63, 3.8) is 0 Å². The maximum Gasteiger partial charge on any atom is 0.356 e. The first-order valence-electron chi connectivity index (χ1n) is 7.23. The van der Waals surface area contributed by atoms with Gasteiger partial charge in [-0.2, -0.15) is 4.37 Å². The van der Waals surface area contributed by atoms with Crippen molar-refractivity contribution < 1.29 is 9.90 Å². The first-order valence-corrected chi connectivity index (χ1v) is 8.00. The minimum Gasteiger partial charge on any atom is -0.476 e. The van der Waals surface area contributed by atoms with Crippen molar-refractivity contribution >= 4 is 33.3 Å². The summed E-state index contributed by atoms with van der Waals surface area (Å²) < 4.78 is 5.01. The molecular formula is C15H17N3O2S. The molecule has 2 saturated heterocycles. The van der Waals surface area contributed by atoms with E-state index in [0.717, 1.165) is 23.2 Å². The van der Waals surface area contributed by atoms with E-state index in [-0.39, 0.29) is 5.69 Å². The van der Waals surface area contributed by atoms with Crippen molar-refractivity contribution in [1.29, 1.82) is 0 Å². The molecule has 1 N–H and O–H groups in total. The summed E-state index contributed by atoms with van der Waals surface area (Å²) in [7, 11) is 2.23. The number of carbonyl (C=O) groups is 1. The number of hydrogen-bond donors (Lipinski definition) is 1. The summed E-state index contributed by atoms with van der Waals surface area (Å²) in [4.78, 5) is 16.1. The maximum atomic E-state index is 11.1. The fraction of sp³-hybridized carbons (Fsp3) is 0.467. The van der Waals surface area contributed by atoms with Gasteiger partial charge in [-0.15, -0.1) is 0 Å². The largest absolute Gasteiger partial charge is 0.476 e. The van der Waals surface area contributed by atoms with Crippen LogP contribution in [0.4, 0.5) is 5.69 Å². The zero-order valence-corrected chi connectivity index (χ0v) is 12.6. The van der Waals surface area contributed by atoms with Crippen LogP contribution in [0.15, 0.2) is 18.2 Å². The van der Waals surface area contributed by atoms with Gasteiger partial charge < -0.3 is 10.0 Å². The van der Waals surface area contributed by atoms with E-state index in [9.17, 15) is 4.79 Å². The van der Waals surface area contributed by atoms with E-state index in [1.54, 1.807) is 0 Å². The number of carboxylic acid groups (broad SMARTS) is 1. The van der Waals surface area contributed by atoms with E-state index in [0.29, 0.717) is 12.1 Å². The van der Waals surface area contributed by atoms with Crippen molar-refractivity contribution in [2.75, 3.05) is 25.0 Å². The highest BCUT2D eigenvalue weighted by molar-refractivity contribution is 7.13. The first kappa shape index (κ1) is 13.0. The number of aromatic nitrogens is 1. The Hall–Kier alpha value is -1.66. The number of benzene rings is 1. The lowest BCUT2D eigenvalue weighted by molar-refractivity contribution is 0.0694. The lowest BCUT2D eigenvalue weighted by atomic mass is 10.1. The molecule has 1 aromatic carbocycles. The van der Waals surface area contributed by atoms with E-state index in [1.165, 1.54) is 30.1 Å². The average Bonchev–Trinajstić information content (AvgIpc) is 2.95. The third kappa shape index (κ3) is 2.01. The number of rotatable bonds is 2. The molecule has 2 aliphatic heterocycles. The molecule has 2 fully saturated rings. The third-order valence-electron chi connectivity index (χ3n) is 4.87. The van der Waals surface area contributed by atoms with E-state index in [2.05, 4.69) is 27.3 Å². The van der Waals surface area contributed by atoms with E-state index >= 15 is 0 Å². The maximum absolute atomic E-state index is 11.1. The van der Waals surface area contributed by atoms with Crippen LogP contribution in [0.25, 0.3) is 10.1 Å². The van der Waals surface area contributed by atoms with Gasteiger partial charge in [0.05, 0.1) is 4.70 Å². The second-order valence-corrected chi connectivity index (χ2v) is 6.78. The smallest absolute Gasteiger partial charge is 0.356 e. The lowest BCUT2D eigenvalue weighted by Gasteiger charge is -2.40. The molecule has 2 unspecified atom stereocenters. The second kappa shape index (κ2) is 4.68. The number of carboxylic acids is 1. The molecule has 5 nitrogen and oxygen atoms in total. The number of fused-ring (bicyclic) bond motifs is 3. The monoisotopic (exact) mass is 303 g/mol. The molecular weight excluding hydrogens is 286 g/mol. The van der Waals surface area contributed by atoms with Crippen LogP contribution in [-0.4, -0.2) is 52.6 Å². The SMILES string of the molecule is CN1C2CCC1CN(c1ccc3c(C(=O)O)nsc3c1)C2. The molecule has 110 valence electrons. The molecule has 21 heavy (non-hydrogen) atoms. The summed E-state index contributed by atoms with van der Waals surface area (Å²) in [5.74, 6) is -0.952. The van der Waals surface area contributed by atoms with Crippen LogP contribution >= 0.6 is 11.5 Å². The molecule has 4 rings (SSSR count). The molecule has 2 bridgehead atoms. The zero-order valence-electron chi connectivity index (χ0n) is 11.8. The third-order valence-corrected chi connectivity index (χ3v) is 5.68. The minimum atomic E-state index is -0.952. The molecule has 6 heteroatoms. The van der Waals surface area contributed by atoms with Crippen molar-refractivity contribution in [1.82, 2.24) is 9.27 Å². The van der Waals surface area contributed by atoms with Crippen molar-refractivity contribution in [2.24, 2.45) is 0 Å². The van der Waals surface area contributed by atoms with Crippen LogP contribution in [-0.2, 0) is 0 Å². The van der Waals surface area contributed by atoms with Crippen LogP contribution in [0.3, 0.4) is 0 Å². The Labute approximate surface area is 126 Å².